The summed E-state index contributed by atoms with van der Waals surface area (Å²) in [6, 6.07) is 11.3. The lowest BCUT2D eigenvalue weighted by Crippen LogP contribution is -2.51. The van der Waals surface area contributed by atoms with Crippen molar-refractivity contribution < 1.29 is 27.9 Å². The quantitative estimate of drug-likeness (QED) is 0.0461. The Kier molecular flexibility index (Phi) is 17.5. The highest BCUT2D eigenvalue weighted by Gasteiger charge is 2.43. The standard InChI is InChI=1S/C36H64O6Si2/c1-14-44(15-2,16-3)42-34(28(4)19-17-20-29(5)35(37)39-11)30(6)33(41-43(12,13)36(7,8)9)21-18-26-40-27-31-22-24-32(38-10)25-23-31/h17,19-20,22-25,28,30,33-34H,14-16,18,21,26-27H2,1-13H3/b19-17+,29-20+/t28-,30-,33-,34+/m0/s1. The molecule has 1 rings (SSSR count). The number of methoxy groups -OCH3 is 2. The summed E-state index contributed by atoms with van der Waals surface area (Å²) in [7, 11) is -0.888. The van der Waals surface area contributed by atoms with Crippen molar-refractivity contribution in [1.82, 2.24) is 0 Å². The van der Waals surface area contributed by atoms with Gasteiger partial charge in [-0.1, -0.05) is 85.8 Å². The zero-order valence-corrected chi connectivity index (χ0v) is 32.3. The van der Waals surface area contributed by atoms with Crippen LogP contribution in [-0.4, -0.2) is 55.6 Å². The van der Waals surface area contributed by atoms with Gasteiger partial charge in [0, 0.05) is 18.1 Å². The lowest BCUT2D eigenvalue weighted by atomic mass is 9.87. The molecular formula is C36H64O6Si2. The molecular weight excluding hydrogens is 585 g/mol. The topological polar surface area (TPSA) is 63.2 Å². The second-order valence-electron chi connectivity index (χ2n) is 13.7. The van der Waals surface area contributed by atoms with Crippen LogP contribution < -0.4 is 4.74 Å². The molecule has 252 valence electrons. The van der Waals surface area contributed by atoms with Crippen LogP contribution in [0.3, 0.4) is 0 Å². The summed E-state index contributed by atoms with van der Waals surface area (Å²) in [5, 5.41) is 0.0999. The SMILES string of the molecule is CC[Si](CC)(CC)O[C@@H]([C@@H](C)[C@H](CCCOCc1ccc(OC)cc1)O[Si](C)(C)C(C)(C)C)[C@@H](C)/C=C/C=C(\C)C(=O)OC. The van der Waals surface area contributed by atoms with Crippen molar-refractivity contribution in [2.45, 2.75) is 130 Å². The monoisotopic (exact) mass is 648 g/mol. The maximum absolute atomic E-state index is 11.9. The van der Waals surface area contributed by atoms with Gasteiger partial charge in [-0.25, -0.2) is 4.79 Å². The molecule has 0 saturated heterocycles. The van der Waals surface area contributed by atoms with Gasteiger partial charge in [-0.05, 0) is 79.6 Å². The van der Waals surface area contributed by atoms with Crippen LogP contribution in [0, 0.1) is 11.8 Å². The normalized spacial score (nSPS) is 16.1. The predicted molar refractivity (Wildman–Crippen MR) is 189 cm³/mol. The minimum atomic E-state index is -2.06. The maximum Gasteiger partial charge on any atom is 0.333 e. The van der Waals surface area contributed by atoms with E-state index in [1.165, 1.54) is 7.11 Å². The Morgan fingerprint density at radius 1 is 0.955 bits per heavy atom. The van der Waals surface area contributed by atoms with Crippen molar-refractivity contribution in [3.05, 3.63) is 53.6 Å². The van der Waals surface area contributed by atoms with E-state index in [2.05, 4.69) is 74.6 Å². The first-order valence-corrected chi connectivity index (χ1v) is 22.0. The third-order valence-corrected chi connectivity index (χ3v) is 18.8. The minimum absolute atomic E-state index is 0.000384. The molecule has 1 aromatic rings. The number of rotatable bonds is 20. The molecule has 0 radical (unpaired) electrons. The molecule has 0 aliphatic carbocycles. The van der Waals surface area contributed by atoms with Crippen molar-refractivity contribution in [2.75, 3.05) is 20.8 Å². The van der Waals surface area contributed by atoms with Crippen LogP contribution in [0.1, 0.15) is 80.7 Å². The van der Waals surface area contributed by atoms with E-state index in [9.17, 15) is 4.79 Å². The van der Waals surface area contributed by atoms with Crippen molar-refractivity contribution >= 4 is 22.6 Å². The lowest BCUT2D eigenvalue weighted by Gasteiger charge is -2.45. The fourth-order valence-electron chi connectivity index (χ4n) is 5.19. The van der Waals surface area contributed by atoms with Crippen LogP contribution in [0.2, 0.25) is 36.3 Å². The van der Waals surface area contributed by atoms with Gasteiger partial charge in [0.2, 0.25) is 0 Å². The first-order valence-electron chi connectivity index (χ1n) is 16.6. The molecule has 0 N–H and O–H groups in total. The molecule has 0 saturated carbocycles. The molecule has 44 heavy (non-hydrogen) atoms. The Balaban J connectivity index is 3.26. The van der Waals surface area contributed by atoms with Crippen molar-refractivity contribution in [3.8, 4) is 5.75 Å². The second-order valence-corrected chi connectivity index (χ2v) is 23.2. The molecule has 0 unspecified atom stereocenters. The van der Waals surface area contributed by atoms with Gasteiger partial charge in [-0.15, -0.1) is 0 Å². The van der Waals surface area contributed by atoms with Gasteiger partial charge in [-0.2, -0.15) is 0 Å². The van der Waals surface area contributed by atoms with Gasteiger partial charge in [0.15, 0.2) is 16.6 Å². The zero-order valence-electron chi connectivity index (χ0n) is 30.3. The van der Waals surface area contributed by atoms with Crippen LogP contribution in [0.25, 0.3) is 0 Å². The first kappa shape index (κ1) is 40.3. The molecule has 4 atom stereocenters. The van der Waals surface area contributed by atoms with Gasteiger partial charge in [0.1, 0.15) is 5.75 Å². The van der Waals surface area contributed by atoms with Gasteiger partial charge in [0.25, 0.3) is 0 Å². The van der Waals surface area contributed by atoms with E-state index in [-0.39, 0.29) is 35.1 Å². The molecule has 0 aliphatic heterocycles. The Hall–Kier alpha value is -1.72. The van der Waals surface area contributed by atoms with Crippen LogP contribution in [0.4, 0.5) is 0 Å². The Morgan fingerprint density at radius 3 is 2.05 bits per heavy atom. The summed E-state index contributed by atoms with van der Waals surface area (Å²) < 4.78 is 30.7. The van der Waals surface area contributed by atoms with Crippen molar-refractivity contribution in [3.63, 3.8) is 0 Å². The number of esters is 1. The third-order valence-electron chi connectivity index (χ3n) is 9.67. The van der Waals surface area contributed by atoms with Crippen LogP contribution in [0.15, 0.2) is 48.1 Å². The predicted octanol–water partition coefficient (Wildman–Crippen LogP) is 9.72. The summed E-state index contributed by atoms with van der Waals surface area (Å²) in [4.78, 5) is 11.9. The highest BCUT2D eigenvalue weighted by Crippen LogP contribution is 2.40. The lowest BCUT2D eigenvalue weighted by molar-refractivity contribution is -0.136. The smallest absolute Gasteiger partial charge is 0.333 e. The van der Waals surface area contributed by atoms with E-state index >= 15 is 0 Å². The van der Waals surface area contributed by atoms with E-state index in [1.807, 2.05) is 36.4 Å². The van der Waals surface area contributed by atoms with Crippen molar-refractivity contribution in [1.29, 1.82) is 0 Å². The van der Waals surface area contributed by atoms with Gasteiger partial charge < -0.3 is 23.1 Å². The van der Waals surface area contributed by atoms with E-state index in [1.54, 1.807) is 14.0 Å². The van der Waals surface area contributed by atoms with E-state index in [0.717, 1.165) is 42.3 Å². The molecule has 1 aromatic carbocycles. The zero-order chi connectivity index (χ0) is 33.6. The number of carbonyl (C=O) groups excluding carboxylic acids is 1. The molecule has 0 spiro atoms. The van der Waals surface area contributed by atoms with Crippen LogP contribution >= 0.6 is 0 Å². The Bertz CT molecular complexity index is 1020. The largest absolute Gasteiger partial charge is 0.497 e. The summed E-state index contributed by atoms with van der Waals surface area (Å²) in [5.41, 5.74) is 1.72. The summed E-state index contributed by atoms with van der Waals surface area (Å²) in [6.45, 7) is 26.0. The molecule has 0 aliphatic rings. The average molecular weight is 649 g/mol. The third kappa shape index (κ3) is 12.6. The van der Waals surface area contributed by atoms with Gasteiger partial charge in [-0.3, -0.25) is 0 Å². The summed E-state index contributed by atoms with van der Waals surface area (Å²) >= 11 is 0. The molecule has 8 heteroatoms. The second kappa shape index (κ2) is 19.1. The molecule has 0 heterocycles. The van der Waals surface area contributed by atoms with Crippen LogP contribution in [0.5, 0.6) is 5.75 Å². The number of benzene rings is 1. The minimum Gasteiger partial charge on any atom is -0.497 e. The highest BCUT2D eigenvalue weighted by molar-refractivity contribution is 6.74. The fourth-order valence-corrected chi connectivity index (χ4v) is 9.64. The number of hydrogen-bond donors (Lipinski definition) is 0. The number of carbonyl (C=O) groups is 1. The molecule has 0 aromatic heterocycles. The number of hydrogen-bond acceptors (Lipinski definition) is 6. The first-order chi connectivity index (χ1) is 20.6. The summed E-state index contributed by atoms with van der Waals surface area (Å²) in [5.74, 6) is 0.854. The average Bonchev–Trinajstić information content (AvgIpc) is 3.00. The van der Waals surface area contributed by atoms with Gasteiger partial charge >= 0.3 is 5.97 Å². The molecule has 0 amide bonds. The van der Waals surface area contributed by atoms with Crippen molar-refractivity contribution in [2.24, 2.45) is 11.8 Å². The summed E-state index contributed by atoms with van der Waals surface area (Å²) in [6.07, 6.45) is 7.85. The maximum atomic E-state index is 11.9. The molecule has 0 bridgehead atoms. The van der Waals surface area contributed by atoms with Gasteiger partial charge in [0.05, 0.1) is 33.0 Å². The number of ether oxygens (including phenoxy) is 3. The van der Waals surface area contributed by atoms with E-state index < -0.39 is 16.6 Å². The molecule has 6 nitrogen and oxygen atoms in total. The fraction of sp³-hybridized carbons (Fsp3) is 0.694. The van der Waals surface area contributed by atoms with E-state index in [0.29, 0.717) is 18.8 Å². The Morgan fingerprint density at radius 2 is 1.55 bits per heavy atom. The van der Waals surface area contributed by atoms with Crippen LogP contribution in [-0.2, 0) is 29.7 Å². The number of allylic oxidation sites excluding steroid dienone is 2. The van der Waals surface area contributed by atoms with E-state index in [4.69, 9.17) is 23.1 Å². The highest BCUT2D eigenvalue weighted by atomic mass is 28.4. The molecule has 0 fully saturated rings. The Labute approximate surface area is 272 Å².